The molecule has 1 fully saturated rings. The third kappa shape index (κ3) is 4.96. The third-order valence-corrected chi connectivity index (χ3v) is 8.97. The highest BCUT2D eigenvalue weighted by molar-refractivity contribution is 6.33. The maximum Gasteiger partial charge on any atom is 0.182 e. The number of aryl methyl sites for hydroxylation is 1. The van der Waals surface area contributed by atoms with Crippen LogP contribution in [0.5, 0.6) is 5.75 Å². The van der Waals surface area contributed by atoms with Gasteiger partial charge in [0.1, 0.15) is 17.8 Å². The Kier molecular flexibility index (Phi) is 7.15. The van der Waals surface area contributed by atoms with Crippen LogP contribution in [0.25, 0.3) is 10.9 Å². The first-order valence-electron chi connectivity index (χ1n) is 15.0. The van der Waals surface area contributed by atoms with E-state index in [4.69, 9.17) is 9.47 Å². The highest BCUT2D eigenvalue weighted by Gasteiger charge is 2.54. The van der Waals surface area contributed by atoms with Gasteiger partial charge in [0.2, 0.25) is 0 Å². The van der Waals surface area contributed by atoms with E-state index in [1.807, 2.05) is 48.5 Å². The summed E-state index contributed by atoms with van der Waals surface area (Å²) in [7, 11) is 0. The number of nitrogens with zero attached hydrogens (tertiary/aromatic N) is 2. The first-order valence-corrected chi connectivity index (χ1v) is 15.0. The van der Waals surface area contributed by atoms with Crippen LogP contribution in [0.2, 0.25) is 0 Å². The lowest BCUT2D eigenvalue weighted by Crippen LogP contribution is -2.40. The van der Waals surface area contributed by atoms with E-state index in [0.717, 1.165) is 53.6 Å². The molecule has 2 aromatic heterocycles. The Bertz CT molecular complexity index is 1810. The van der Waals surface area contributed by atoms with Gasteiger partial charge in [0.05, 0.1) is 6.10 Å². The van der Waals surface area contributed by atoms with Crippen molar-refractivity contribution in [2.75, 3.05) is 6.61 Å². The number of ether oxygens (including phenoxy) is 2. The van der Waals surface area contributed by atoms with Gasteiger partial charge in [-0.2, -0.15) is 0 Å². The van der Waals surface area contributed by atoms with Gasteiger partial charge in [-0.3, -0.25) is 14.6 Å². The molecule has 0 spiro atoms. The summed E-state index contributed by atoms with van der Waals surface area (Å²) in [5.74, 6) is 0.193. The smallest absolute Gasteiger partial charge is 0.182 e. The SMILES string of the molecule is Cc1cn(CC2CCCCO2)c2cc(C3(Cc4ccncc4)C(=O)c4ccc(OCc5ccccc5)cc4C3=O)ccc12. The number of ketones is 2. The standard InChI is InChI=1S/C37H34N2O4/c1-25-22-39(23-30-9-5-6-18-42-30)34-19-28(10-12-31(25)34)37(21-26-14-16-38-17-15-26)35(40)32-13-11-29(20-33(32)36(37)41)43-24-27-7-3-2-4-8-27/h2-4,7-8,10-17,19-20,22,30H,5-6,9,18,21,23-24H2,1H3. The molecule has 1 saturated heterocycles. The number of aromatic nitrogens is 2. The lowest BCUT2D eigenvalue weighted by atomic mass is 9.71. The topological polar surface area (TPSA) is 70.4 Å². The van der Waals surface area contributed by atoms with Gasteiger partial charge >= 0.3 is 0 Å². The Morgan fingerprint density at radius 2 is 1.72 bits per heavy atom. The molecule has 0 saturated carbocycles. The van der Waals surface area contributed by atoms with Gasteiger partial charge in [-0.25, -0.2) is 0 Å². The van der Waals surface area contributed by atoms with Crippen molar-refractivity contribution < 1.29 is 19.1 Å². The summed E-state index contributed by atoms with van der Waals surface area (Å²) in [5, 5.41) is 1.12. The zero-order valence-electron chi connectivity index (χ0n) is 24.3. The Morgan fingerprint density at radius 3 is 2.51 bits per heavy atom. The van der Waals surface area contributed by atoms with Crippen LogP contribution in [0, 0.1) is 6.92 Å². The highest BCUT2D eigenvalue weighted by atomic mass is 16.5. The highest BCUT2D eigenvalue weighted by Crippen LogP contribution is 2.44. The van der Waals surface area contributed by atoms with Gasteiger partial charge in [-0.05, 0) is 91.3 Å². The minimum Gasteiger partial charge on any atom is -0.489 e. The van der Waals surface area contributed by atoms with Crippen molar-refractivity contribution >= 4 is 22.5 Å². The Balaban J connectivity index is 1.30. The predicted octanol–water partition coefficient (Wildman–Crippen LogP) is 7.05. The molecule has 1 aliphatic heterocycles. The summed E-state index contributed by atoms with van der Waals surface area (Å²) in [6.45, 7) is 4.02. The van der Waals surface area contributed by atoms with Gasteiger partial charge in [-0.1, -0.05) is 42.5 Å². The second kappa shape index (κ2) is 11.3. The molecule has 2 aliphatic rings. The van der Waals surface area contributed by atoms with E-state index in [-0.39, 0.29) is 24.1 Å². The molecule has 216 valence electrons. The summed E-state index contributed by atoms with van der Waals surface area (Å²) >= 11 is 0. The van der Waals surface area contributed by atoms with Crippen LogP contribution in [-0.4, -0.2) is 33.8 Å². The molecular formula is C37H34N2O4. The van der Waals surface area contributed by atoms with Crippen molar-refractivity contribution in [3.05, 3.63) is 131 Å². The maximum absolute atomic E-state index is 14.6. The molecule has 1 aliphatic carbocycles. The molecule has 0 radical (unpaired) electrons. The molecule has 2 atom stereocenters. The third-order valence-electron chi connectivity index (χ3n) is 8.97. The van der Waals surface area contributed by atoms with E-state index < -0.39 is 5.41 Å². The number of benzene rings is 3. The molecule has 5 aromatic rings. The number of hydrogen-bond donors (Lipinski definition) is 0. The monoisotopic (exact) mass is 570 g/mol. The predicted molar refractivity (Wildman–Crippen MR) is 166 cm³/mol. The number of hydrogen-bond acceptors (Lipinski definition) is 5. The second-order valence-electron chi connectivity index (χ2n) is 11.8. The molecule has 6 heteroatoms. The molecule has 6 nitrogen and oxygen atoms in total. The van der Waals surface area contributed by atoms with Crippen molar-refractivity contribution in [1.29, 1.82) is 0 Å². The average Bonchev–Trinajstić information content (AvgIpc) is 3.47. The fourth-order valence-corrected chi connectivity index (χ4v) is 6.70. The van der Waals surface area contributed by atoms with Crippen molar-refractivity contribution in [2.45, 2.75) is 57.3 Å². The first kappa shape index (κ1) is 27.3. The van der Waals surface area contributed by atoms with E-state index in [2.05, 4.69) is 34.8 Å². The summed E-state index contributed by atoms with van der Waals surface area (Å²) in [6.07, 6.45) is 9.28. The van der Waals surface area contributed by atoms with Crippen LogP contribution in [-0.2, 0) is 29.7 Å². The summed E-state index contributed by atoms with van der Waals surface area (Å²) in [4.78, 5) is 33.2. The molecule has 3 aromatic carbocycles. The van der Waals surface area contributed by atoms with Gasteiger partial charge in [0.25, 0.3) is 0 Å². The lowest BCUT2D eigenvalue weighted by Gasteiger charge is -2.27. The zero-order valence-corrected chi connectivity index (χ0v) is 24.3. The maximum atomic E-state index is 14.6. The van der Waals surface area contributed by atoms with Crippen LogP contribution in [0.3, 0.4) is 0 Å². The Morgan fingerprint density at radius 1 is 0.907 bits per heavy atom. The summed E-state index contributed by atoms with van der Waals surface area (Å²) in [5.41, 5.74) is 4.25. The van der Waals surface area contributed by atoms with E-state index in [9.17, 15) is 9.59 Å². The second-order valence-corrected chi connectivity index (χ2v) is 11.8. The summed E-state index contributed by atoms with van der Waals surface area (Å²) < 4.78 is 14.3. The lowest BCUT2D eigenvalue weighted by molar-refractivity contribution is 0.00668. The number of Topliss-reactive ketones (excluding diaryl/α,β-unsaturated/α-hetero) is 2. The molecule has 0 amide bonds. The fraction of sp³-hybridized carbons (Fsp3) is 0.270. The quantitative estimate of drug-likeness (QED) is 0.187. The Hall–Kier alpha value is -4.55. The van der Waals surface area contributed by atoms with Gasteiger partial charge < -0.3 is 14.0 Å². The average molecular weight is 571 g/mol. The number of rotatable bonds is 8. The largest absolute Gasteiger partial charge is 0.489 e. The normalized spacial score (nSPS) is 20.0. The van der Waals surface area contributed by atoms with Gasteiger partial charge in [0, 0.05) is 53.8 Å². The molecule has 0 bridgehead atoms. The van der Waals surface area contributed by atoms with Crippen LogP contribution in [0.1, 0.15) is 62.2 Å². The summed E-state index contributed by atoms with van der Waals surface area (Å²) in [6, 6.07) is 25.0. The van der Waals surface area contributed by atoms with Crippen molar-refractivity contribution in [3.63, 3.8) is 0 Å². The van der Waals surface area contributed by atoms with E-state index in [1.165, 1.54) is 6.42 Å². The molecule has 7 rings (SSSR count). The van der Waals surface area contributed by atoms with E-state index in [1.54, 1.807) is 30.6 Å². The van der Waals surface area contributed by atoms with Crippen LogP contribution in [0.4, 0.5) is 0 Å². The van der Waals surface area contributed by atoms with Gasteiger partial charge in [-0.15, -0.1) is 0 Å². The Labute approximate surface area is 251 Å². The van der Waals surface area contributed by atoms with E-state index in [0.29, 0.717) is 29.0 Å². The minimum atomic E-state index is -1.39. The molecule has 2 unspecified atom stereocenters. The number of fused-ring (bicyclic) bond motifs is 2. The van der Waals surface area contributed by atoms with Crippen molar-refractivity contribution in [2.24, 2.45) is 0 Å². The first-order chi connectivity index (χ1) is 21.0. The van der Waals surface area contributed by atoms with Crippen LogP contribution in [0.15, 0.2) is 97.5 Å². The van der Waals surface area contributed by atoms with Gasteiger partial charge in [0.15, 0.2) is 11.6 Å². The molecule has 3 heterocycles. The van der Waals surface area contributed by atoms with Crippen molar-refractivity contribution in [1.82, 2.24) is 9.55 Å². The zero-order chi connectivity index (χ0) is 29.4. The number of pyridine rings is 1. The van der Waals surface area contributed by atoms with E-state index >= 15 is 0 Å². The van der Waals surface area contributed by atoms with Crippen molar-refractivity contribution in [3.8, 4) is 5.75 Å². The molecular weight excluding hydrogens is 536 g/mol. The minimum absolute atomic E-state index is 0.159. The molecule has 0 N–H and O–H groups in total. The van der Waals surface area contributed by atoms with Crippen LogP contribution < -0.4 is 4.74 Å². The molecule has 43 heavy (non-hydrogen) atoms. The van der Waals surface area contributed by atoms with Crippen LogP contribution >= 0.6 is 0 Å². The fourth-order valence-electron chi connectivity index (χ4n) is 6.70. The number of carbonyl (C=O) groups excluding carboxylic acids is 2. The number of carbonyl (C=O) groups is 2.